The second-order valence-corrected chi connectivity index (χ2v) is 5.69. The van der Waals surface area contributed by atoms with Crippen LogP contribution in [-0.4, -0.2) is 49.6 Å². The largest absolute Gasteiger partial charge is 0.355 e. The Labute approximate surface area is 118 Å². The normalized spacial score (nSPS) is 22.2. The van der Waals surface area contributed by atoms with Crippen molar-refractivity contribution >= 4 is 5.91 Å². The average molecular weight is 269 g/mol. The van der Waals surface area contributed by atoms with Gasteiger partial charge in [0, 0.05) is 19.1 Å². The zero-order chi connectivity index (χ0) is 14.1. The first-order valence-electron chi connectivity index (χ1n) is 7.89. The summed E-state index contributed by atoms with van der Waals surface area (Å²) in [7, 11) is 0. The molecule has 1 heterocycles. The van der Waals surface area contributed by atoms with Gasteiger partial charge in [-0.3, -0.25) is 9.69 Å². The number of hydrogen-bond acceptors (Lipinski definition) is 3. The summed E-state index contributed by atoms with van der Waals surface area (Å²) in [6, 6.07) is 0.552. The van der Waals surface area contributed by atoms with E-state index >= 15 is 0 Å². The lowest BCUT2D eigenvalue weighted by Crippen LogP contribution is -2.47. The van der Waals surface area contributed by atoms with E-state index in [-0.39, 0.29) is 5.91 Å². The third-order valence-corrected chi connectivity index (χ3v) is 3.99. The molecule has 0 aromatic heterocycles. The van der Waals surface area contributed by atoms with Crippen LogP contribution in [0.5, 0.6) is 0 Å². The first-order valence-corrected chi connectivity index (χ1v) is 7.89. The van der Waals surface area contributed by atoms with Crippen molar-refractivity contribution in [2.75, 3.05) is 32.7 Å². The minimum Gasteiger partial charge on any atom is -0.355 e. The highest BCUT2D eigenvalue weighted by atomic mass is 16.2. The monoisotopic (exact) mass is 269 g/mol. The third-order valence-electron chi connectivity index (χ3n) is 3.99. The number of carbonyl (C=O) groups excluding carboxylic acids is 1. The van der Waals surface area contributed by atoms with Crippen molar-refractivity contribution in [2.24, 2.45) is 5.92 Å². The SMILES string of the molecule is CCCCNC(=O)CN1CCCC(C(C)NCC)C1. The summed E-state index contributed by atoms with van der Waals surface area (Å²) in [5.41, 5.74) is 0. The summed E-state index contributed by atoms with van der Waals surface area (Å²) in [6.07, 6.45) is 4.70. The maximum atomic E-state index is 11.8. The van der Waals surface area contributed by atoms with Gasteiger partial charge in [0.1, 0.15) is 0 Å². The van der Waals surface area contributed by atoms with Crippen molar-refractivity contribution in [1.29, 1.82) is 0 Å². The lowest BCUT2D eigenvalue weighted by atomic mass is 9.91. The predicted octanol–water partition coefficient (Wildman–Crippen LogP) is 1.61. The maximum Gasteiger partial charge on any atom is 0.234 e. The van der Waals surface area contributed by atoms with Gasteiger partial charge in [0.25, 0.3) is 0 Å². The summed E-state index contributed by atoms with van der Waals surface area (Å²) >= 11 is 0. The van der Waals surface area contributed by atoms with Gasteiger partial charge < -0.3 is 10.6 Å². The lowest BCUT2D eigenvalue weighted by Gasteiger charge is -2.35. The van der Waals surface area contributed by atoms with Gasteiger partial charge >= 0.3 is 0 Å². The number of amides is 1. The minimum absolute atomic E-state index is 0.185. The number of nitrogens with one attached hydrogen (secondary N) is 2. The van der Waals surface area contributed by atoms with Crippen molar-refractivity contribution in [3.63, 3.8) is 0 Å². The summed E-state index contributed by atoms with van der Waals surface area (Å²) < 4.78 is 0. The number of carbonyl (C=O) groups is 1. The van der Waals surface area contributed by atoms with Crippen LogP contribution in [-0.2, 0) is 4.79 Å². The Morgan fingerprint density at radius 3 is 2.89 bits per heavy atom. The fourth-order valence-corrected chi connectivity index (χ4v) is 2.80. The molecule has 1 aliphatic heterocycles. The van der Waals surface area contributed by atoms with Gasteiger partial charge in [0.05, 0.1) is 6.54 Å². The van der Waals surface area contributed by atoms with E-state index in [1.54, 1.807) is 0 Å². The van der Waals surface area contributed by atoms with Crippen LogP contribution in [0.15, 0.2) is 0 Å². The van der Waals surface area contributed by atoms with E-state index in [1.807, 2.05) is 0 Å². The minimum atomic E-state index is 0.185. The summed E-state index contributed by atoms with van der Waals surface area (Å²) in [5.74, 6) is 0.863. The molecule has 0 saturated carbocycles. The van der Waals surface area contributed by atoms with Crippen molar-refractivity contribution in [2.45, 2.75) is 52.5 Å². The van der Waals surface area contributed by atoms with Crippen LogP contribution in [0.3, 0.4) is 0 Å². The molecule has 0 aromatic carbocycles. The quantitative estimate of drug-likeness (QED) is 0.658. The van der Waals surface area contributed by atoms with Crippen LogP contribution in [0.1, 0.15) is 46.5 Å². The van der Waals surface area contributed by atoms with Crippen LogP contribution in [0, 0.1) is 5.92 Å². The third kappa shape index (κ3) is 6.39. The van der Waals surface area contributed by atoms with E-state index in [4.69, 9.17) is 0 Å². The molecule has 0 spiro atoms. The first-order chi connectivity index (χ1) is 9.17. The molecule has 1 aliphatic rings. The standard InChI is InChI=1S/C15H31N3O/c1-4-6-9-17-15(19)12-18-10-7-8-14(11-18)13(3)16-5-2/h13-14,16H,4-12H2,1-3H3,(H,17,19). The topological polar surface area (TPSA) is 44.4 Å². The number of piperidine rings is 1. The number of rotatable bonds is 8. The molecule has 0 aliphatic carbocycles. The van der Waals surface area contributed by atoms with Gasteiger partial charge in [-0.05, 0) is 45.2 Å². The first kappa shape index (κ1) is 16.4. The van der Waals surface area contributed by atoms with Gasteiger partial charge in [-0.1, -0.05) is 20.3 Å². The fraction of sp³-hybridized carbons (Fsp3) is 0.933. The molecule has 1 fully saturated rings. The molecule has 1 amide bonds. The van der Waals surface area contributed by atoms with E-state index < -0.39 is 0 Å². The molecule has 4 heteroatoms. The summed E-state index contributed by atoms with van der Waals surface area (Å²) in [6.45, 7) is 11.1. The summed E-state index contributed by atoms with van der Waals surface area (Å²) in [4.78, 5) is 14.1. The van der Waals surface area contributed by atoms with Crippen molar-refractivity contribution in [1.82, 2.24) is 15.5 Å². The Hall–Kier alpha value is -0.610. The van der Waals surface area contributed by atoms with E-state index in [0.717, 1.165) is 39.0 Å². The van der Waals surface area contributed by atoms with Crippen molar-refractivity contribution in [3.05, 3.63) is 0 Å². The second-order valence-electron chi connectivity index (χ2n) is 5.69. The van der Waals surface area contributed by atoms with Crippen LogP contribution >= 0.6 is 0 Å². The van der Waals surface area contributed by atoms with Gasteiger partial charge in [0.2, 0.25) is 5.91 Å². The number of likely N-dealkylation sites (tertiary alicyclic amines) is 1. The molecule has 1 rings (SSSR count). The van der Waals surface area contributed by atoms with E-state index in [9.17, 15) is 4.79 Å². The van der Waals surface area contributed by atoms with Crippen molar-refractivity contribution < 1.29 is 4.79 Å². The maximum absolute atomic E-state index is 11.8. The Morgan fingerprint density at radius 2 is 2.21 bits per heavy atom. The van der Waals surface area contributed by atoms with Gasteiger partial charge in [-0.15, -0.1) is 0 Å². The highest BCUT2D eigenvalue weighted by Gasteiger charge is 2.25. The highest BCUT2D eigenvalue weighted by Crippen LogP contribution is 2.19. The highest BCUT2D eigenvalue weighted by molar-refractivity contribution is 5.77. The van der Waals surface area contributed by atoms with Crippen LogP contribution in [0.4, 0.5) is 0 Å². The molecule has 2 unspecified atom stereocenters. The molecule has 4 nitrogen and oxygen atoms in total. The fourth-order valence-electron chi connectivity index (χ4n) is 2.80. The van der Waals surface area contributed by atoms with E-state index in [0.29, 0.717) is 18.5 Å². The molecular formula is C15H31N3O. The zero-order valence-electron chi connectivity index (χ0n) is 12.9. The number of unbranched alkanes of at least 4 members (excludes halogenated alkanes) is 1. The Balaban J connectivity index is 2.28. The molecule has 0 radical (unpaired) electrons. The molecular weight excluding hydrogens is 238 g/mol. The number of hydrogen-bond donors (Lipinski definition) is 2. The number of nitrogens with zero attached hydrogens (tertiary/aromatic N) is 1. The molecule has 2 N–H and O–H groups in total. The summed E-state index contributed by atoms with van der Waals surface area (Å²) in [5, 5.41) is 6.51. The van der Waals surface area contributed by atoms with Crippen LogP contribution < -0.4 is 10.6 Å². The van der Waals surface area contributed by atoms with Gasteiger partial charge in [0.15, 0.2) is 0 Å². The van der Waals surface area contributed by atoms with Gasteiger partial charge in [-0.2, -0.15) is 0 Å². The van der Waals surface area contributed by atoms with Gasteiger partial charge in [-0.25, -0.2) is 0 Å². The van der Waals surface area contributed by atoms with Crippen LogP contribution in [0.25, 0.3) is 0 Å². The Kier molecular flexibility index (Phi) is 8.07. The van der Waals surface area contributed by atoms with E-state index in [2.05, 4.69) is 36.3 Å². The molecule has 0 bridgehead atoms. The van der Waals surface area contributed by atoms with Crippen molar-refractivity contribution in [3.8, 4) is 0 Å². The van der Waals surface area contributed by atoms with Crippen LogP contribution in [0.2, 0.25) is 0 Å². The molecule has 112 valence electrons. The smallest absolute Gasteiger partial charge is 0.234 e. The Morgan fingerprint density at radius 1 is 1.42 bits per heavy atom. The molecule has 1 saturated heterocycles. The lowest BCUT2D eigenvalue weighted by molar-refractivity contribution is -0.122. The zero-order valence-corrected chi connectivity index (χ0v) is 12.9. The molecule has 19 heavy (non-hydrogen) atoms. The predicted molar refractivity (Wildman–Crippen MR) is 80.2 cm³/mol. The molecule has 2 atom stereocenters. The Bertz CT molecular complexity index is 258. The van der Waals surface area contributed by atoms with E-state index in [1.165, 1.54) is 12.8 Å². The second kappa shape index (κ2) is 9.32. The average Bonchev–Trinajstić information content (AvgIpc) is 2.39. The molecule has 0 aromatic rings.